The fourth-order valence-electron chi connectivity index (χ4n) is 4.01. The Morgan fingerprint density at radius 2 is 1.71 bits per heavy atom. The van der Waals surface area contributed by atoms with Crippen molar-refractivity contribution in [1.82, 2.24) is 20.2 Å². The molecule has 1 N–H and O–H groups in total. The molecule has 10 heteroatoms. The lowest BCUT2D eigenvalue weighted by Crippen LogP contribution is -2.20. The van der Waals surface area contributed by atoms with Gasteiger partial charge in [-0.15, -0.1) is 10.2 Å². The van der Waals surface area contributed by atoms with Crippen molar-refractivity contribution in [2.24, 2.45) is 5.10 Å². The van der Waals surface area contributed by atoms with Gasteiger partial charge in [0.15, 0.2) is 11.0 Å². The van der Waals surface area contributed by atoms with Gasteiger partial charge in [-0.3, -0.25) is 9.36 Å². The molecule has 0 radical (unpaired) electrons. The summed E-state index contributed by atoms with van der Waals surface area (Å²) in [6.07, 6.45) is 1.58. The third-order valence-corrected chi connectivity index (χ3v) is 7.16. The van der Waals surface area contributed by atoms with E-state index in [1.54, 1.807) is 18.3 Å². The van der Waals surface area contributed by atoms with Crippen LogP contribution in [0.3, 0.4) is 0 Å². The largest absolute Gasteiger partial charge is 0.494 e. The van der Waals surface area contributed by atoms with Gasteiger partial charge in [0.25, 0.3) is 5.91 Å². The highest BCUT2D eigenvalue weighted by molar-refractivity contribution is 7.99. The number of aromatic nitrogens is 3. The van der Waals surface area contributed by atoms with Crippen LogP contribution < -0.4 is 14.9 Å². The van der Waals surface area contributed by atoms with Crippen molar-refractivity contribution >= 4 is 35.5 Å². The zero-order valence-electron chi connectivity index (χ0n) is 22.8. The molecule has 0 aliphatic carbocycles. The number of nitrogens with one attached hydrogen (secondary N) is 1. The molecular formula is C32H28ClN5O3S. The Hall–Kier alpha value is -4.60. The Kier molecular flexibility index (Phi) is 9.87. The number of carbonyl (C=O) groups excluding carboxylic acids is 1. The van der Waals surface area contributed by atoms with Crippen LogP contribution in [0.15, 0.2) is 113 Å². The normalized spacial score (nSPS) is 11.0. The van der Waals surface area contributed by atoms with Crippen LogP contribution in [-0.4, -0.2) is 39.2 Å². The minimum atomic E-state index is -0.276. The molecule has 0 fully saturated rings. The van der Waals surface area contributed by atoms with E-state index in [2.05, 4.69) is 20.7 Å². The lowest BCUT2D eigenvalue weighted by Gasteiger charge is -2.11. The van der Waals surface area contributed by atoms with Gasteiger partial charge in [-0.2, -0.15) is 5.10 Å². The van der Waals surface area contributed by atoms with Crippen molar-refractivity contribution in [2.45, 2.75) is 18.7 Å². The number of hydrazone groups is 1. The molecule has 1 heterocycles. The third kappa shape index (κ3) is 7.78. The number of hydrogen-bond donors (Lipinski definition) is 1. The number of rotatable bonds is 12. The quantitative estimate of drug-likeness (QED) is 0.0965. The number of thioether (sulfide) groups is 1. The van der Waals surface area contributed by atoms with Crippen molar-refractivity contribution in [1.29, 1.82) is 0 Å². The summed E-state index contributed by atoms with van der Waals surface area (Å²) in [6, 6.07) is 32.5. The number of ether oxygens (including phenoxy) is 2. The van der Waals surface area contributed by atoms with Crippen molar-refractivity contribution in [3.05, 3.63) is 119 Å². The Labute approximate surface area is 253 Å². The Morgan fingerprint density at radius 3 is 2.48 bits per heavy atom. The van der Waals surface area contributed by atoms with Crippen molar-refractivity contribution < 1.29 is 14.3 Å². The average molecular weight is 598 g/mol. The van der Waals surface area contributed by atoms with E-state index in [4.69, 9.17) is 21.1 Å². The Bertz CT molecular complexity index is 1640. The summed E-state index contributed by atoms with van der Waals surface area (Å²) in [5, 5.41) is 14.1. The second kappa shape index (κ2) is 14.3. The number of nitrogens with zero attached hydrogens (tertiary/aromatic N) is 4. The van der Waals surface area contributed by atoms with Crippen LogP contribution in [0, 0.1) is 0 Å². The van der Waals surface area contributed by atoms with E-state index in [9.17, 15) is 4.79 Å². The van der Waals surface area contributed by atoms with Gasteiger partial charge in [0.1, 0.15) is 18.1 Å². The average Bonchev–Trinajstić information content (AvgIpc) is 3.44. The van der Waals surface area contributed by atoms with Gasteiger partial charge in [-0.1, -0.05) is 65.8 Å². The lowest BCUT2D eigenvalue weighted by atomic mass is 10.2. The van der Waals surface area contributed by atoms with Gasteiger partial charge >= 0.3 is 0 Å². The number of halogens is 1. The monoisotopic (exact) mass is 597 g/mol. The second-order valence-corrected chi connectivity index (χ2v) is 10.4. The van der Waals surface area contributed by atoms with E-state index < -0.39 is 0 Å². The molecule has 0 atom stereocenters. The van der Waals surface area contributed by atoms with E-state index >= 15 is 0 Å². The molecule has 0 saturated heterocycles. The van der Waals surface area contributed by atoms with Gasteiger partial charge in [0.05, 0.1) is 18.6 Å². The maximum Gasteiger partial charge on any atom is 0.250 e. The molecule has 0 aliphatic rings. The number of carbonyl (C=O) groups is 1. The van der Waals surface area contributed by atoms with E-state index in [1.165, 1.54) is 11.8 Å². The molecule has 42 heavy (non-hydrogen) atoms. The standard InChI is InChI=1S/C32H28ClN5O3S/c1-2-40-28-17-15-27(16-18-28)38-31(25-11-13-26(33)14-12-25)36-37-32(38)42-22-30(39)35-34-20-24-9-6-10-29(19-24)41-21-23-7-4-3-5-8-23/h3-20H,2,21-22H2,1H3,(H,35,39). The summed E-state index contributed by atoms with van der Waals surface area (Å²) < 4.78 is 13.4. The summed E-state index contributed by atoms with van der Waals surface area (Å²) >= 11 is 7.36. The molecule has 0 bridgehead atoms. The predicted molar refractivity (Wildman–Crippen MR) is 167 cm³/mol. The highest BCUT2D eigenvalue weighted by Gasteiger charge is 2.17. The highest BCUT2D eigenvalue weighted by atomic mass is 35.5. The summed E-state index contributed by atoms with van der Waals surface area (Å²) in [6.45, 7) is 2.99. The minimum absolute atomic E-state index is 0.0906. The molecule has 1 amide bonds. The van der Waals surface area contributed by atoms with Gasteiger partial charge in [-0.05, 0) is 78.7 Å². The summed E-state index contributed by atoms with van der Waals surface area (Å²) in [7, 11) is 0. The minimum Gasteiger partial charge on any atom is -0.494 e. The molecule has 0 aliphatic heterocycles. The van der Waals surface area contributed by atoms with E-state index in [0.717, 1.165) is 33.9 Å². The van der Waals surface area contributed by atoms with Crippen LogP contribution in [0.25, 0.3) is 17.1 Å². The summed E-state index contributed by atoms with van der Waals surface area (Å²) in [4.78, 5) is 12.7. The number of amides is 1. The first-order valence-electron chi connectivity index (χ1n) is 13.2. The molecule has 212 valence electrons. The maximum atomic E-state index is 12.7. The maximum absolute atomic E-state index is 12.7. The summed E-state index contributed by atoms with van der Waals surface area (Å²) in [5.41, 5.74) is 6.15. The first-order valence-corrected chi connectivity index (χ1v) is 14.6. The fraction of sp³-hybridized carbons (Fsp3) is 0.125. The summed E-state index contributed by atoms with van der Waals surface area (Å²) in [5.74, 6) is 1.93. The highest BCUT2D eigenvalue weighted by Crippen LogP contribution is 2.29. The van der Waals surface area contributed by atoms with E-state index in [0.29, 0.717) is 29.2 Å². The first-order chi connectivity index (χ1) is 20.6. The van der Waals surface area contributed by atoms with Crippen LogP contribution in [0.2, 0.25) is 5.02 Å². The molecule has 0 unspecified atom stereocenters. The van der Waals surface area contributed by atoms with Crippen molar-refractivity contribution in [3.8, 4) is 28.6 Å². The molecule has 8 nitrogen and oxygen atoms in total. The zero-order chi connectivity index (χ0) is 29.1. The van der Waals surface area contributed by atoms with Gasteiger partial charge in [0.2, 0.25) is 0 Å². The van der Waals surface area contributed by atoms with Crippen LogP contribution >= 0.6 is 23.4 Å². The van der Waals surface area contributed by atoms with Gasteiger partial charge in [0, 0.05) is 16.3 Å². The molecule has 0 spiro atoms. The van der Waals surface area contributed by atoms with E-state index in [-0.39, 0.29) is 11.7 Å². The second-order valence-electron chi connectivity index (χ2n) is 9.00. The van der Waals surface area contributed by atoms with E-state index in [1.807, 2.05) is 102 Å². The fourth-order valence-corrected chi connectivity index (χ4v) is 4.88. The van der Waals surface area contributed by atoms with Crippen LogP contribution in [0.5, 0.6) is 11.5 Å². The van der Waals surface area contributed by atoms with Crippen molar-refractivity contribution in [2.75, 3.05) is 12.4 Å². The molecule has 1 aromatic heterocycles. The predicted octanol–water partition coefficient (Wildman–Crippen LogP) is 6.81. The van der Waals surface area contributed by atoms with Crippen LogP contribution in [-0.2, 0) is 11.4 Å². The van der Waals surface area contributed by atoms with Crippen LogP contribution in [0.4, 0.5) is 0 Å². The lowest BCUT2D eigenvalue weighted by molar-refractivity contribution is -0.118. The topological polar surface area (TPSA) is 90.6 Å². The molecule has 5 aromatic rings. The number of benzene rings is 4. The Balaban J connectivity index is 1.23. The molecule has 4 aromatic carbocycles. The Morgan fingerprint density at radius 1 is 0.929 bits per heavy atom. The van der Waals surface area contributed by atoms with Crippen molar-refractivity contribution in [3.63, 3.8) is 0 Å². The SMILES string of the molecule is CCOc1ccc(-n2c(SCC(=O)NN=Cc3cccc(OCc4ccccc4)c3)nnc2-c2ccc(Cl)cc2)cc1. The molecule has 0 saturated carbocycles. The van der Waals surface area contributed by atoms with Gasteiger partial charge in [-0.25, -0.2) is 5.43 Å². The smallest absolute Gasteiger partial charge is 0.250 e. The first kappa shape index (κ1) is 28.9. The molecular weight excluding hydrogens is 570 g/mol. The molecule has 5 rings (SSSR count). The third-order valence-electron chi connectivity index (χ3n) is 5.98. The zero-order valence-corrected chi connectivity index (χ0v) is 24.4. The van der Waals surface area contributed by atoms with Gasteiger partial charge < -0.3 is 9.47 Å². The number of hydrogen-bond acceptors (Lipinski definition) is 7. The van der Waals surface area contributed by atoms with Crippen LogP contribution in [0.1, 0.15) is 18.1 Å².